The van der Waals surface area contributed by atoms with Crippen LogP contribution in [0.1, 0.15) is 17.7 Å². The Kier molecular flexibility index (Phi) is 3.13. The molecule has 2 heteroatoms. The molecule has 1 rings (SSSR count). The summed E-state index contributed by atoms with van der Waals surface area (Å²) in [5.41, 5.74) is 1.96. The Balaban J connectivity index is 2.81. The monoisotopic (exact) mass is 179 g/mol. The van der Waals surface area contributed by atoms with Crippen LogP contribution in [0.2, 0.25) is 5.15 Å². The fraction of sp³-hybridized carbons (Fsp3) is 0.300. The van der Waals surface area contributed by atoms with Crippen molar-refractivity contribution in [3.8, 4) is 12.3 Å². The van der Waals surface area contributed by atoms with Gasteiger partial charge in [-0.3, -0.25) is 0 Å². The summed E-state index contributed by atoms with van der Waals surface area (Å²) in [6.07, 6.45) is 6.66. The lowest BCUT2D eigenvalue weighted by molar-refractivity contribution is 1.00. The molecule has 12 heavy (non-hydrogen) atoms. The summed E-state index contributed by atoms with van der Waals surface area (Å²) in [7, 11) is 0. The molecule has 0 aliphatic heterocycles. The highest BCUT2D eigenvalue weighted by Gasteiger charge is 1.99. The number of terminal acetylenes is 1. The third-order valence-corrected chi connectivity index (χ3v) is 1.93. The average Bonchev–Trinajstić information content (AvgIpc) is 2.03. The molecule has 0 saturated carbocycles. The number of rotatable bonds is 2. The minimum Gasteiger partial charge on any atom is -0.241 e. The number of pyridine rings is 1. The highest BCUT2D eigenvalue weighted by atomic mass is 35.5. The van der Waals surface area contributed by atoms with Crippen LogP contribution in [0, 0.1) is 19.3 Å². The maximum atomic E-state index is 5.89. The summed E-state index contributed by atoms with van der Waals surface area (Å²) >= 11 is 5.89. The van der Waals surface area contributed by atoms with Crippen LogP contribution in [0.5, 0.6) is 0 Å². The normalized spacial score (nSPS) is 9.42. The maximum absolute atomic E-state index is 5.89. The van der Waals surface area contributed by atoms with Crippen molar-refractivity contribution >= 4 is 11.6 Å². The lowest BCUT2D eigenvalue weighted by atomic mass is 10.1. The molecular formula is C10H10ClN. The van der Waals surface area contributed by atoms with Crippen LogP contribution >= 0.6 is 11.6 Å². The van der Waals surface area contributed by atoms with Crippen LogP contribution in [0.25, 0.3) is 0 Å². The molecule has 0 atom stereocenters. The van der Waals surface area contributed by atoms with Crippen molar-refractivity contribution in [3.05, 3.63) is 28.5 Å². The number of aryl methyl sites for hydroxylation is 2. The predicted molar refractivity (Wildman–Crippen MR) is 51.1 cm³/mol. The van der Waals surface area contributed by atoms with Crippen LogP contribution < -0.4 is 0 Å². The van der Waals surface area contributed by atoms with E-state index in [0.29, 0.717) is 11.6 Å². The van der Waals surface area contributed by atoms with E-state index in [-0.39, 0.29) is 0 Å². The Labute approximate surface area is 77.8 Å². The molecule has 1 heterocycles. The van der Waals surface area contributed by atoms with Gasteiger partial charge in [-0.15, -0.1) is 12.3 Å². The molecule has 0 amide bonds. The number of nitrogens with zero attached hydrogens (tertiary/aromatic N) is 1. The van der Waals surface area contributed by atoms with Gasteiger partial charge in [0.1, 0.15) is 5.15 Å². The van der Waals surface area contributed by atoms with Gasteiger partial charge in [0.05, 0.1) is 0 Å². The first-order valence-corrected chi connectivity index (χ1v) is 4.17. The van der Waals surface area contributed by atoms with Gasteiger partial charge >= 0.3 is 0 Å². The fourth-order valence-electron chi connectivity index (χ4n) is 0.947. The third-order valence-electron chi connectivity index (χ3n) is 1.60. The van der Waals surface area contributed by atoms with Gasteiger partial charge in [-0.05, 0) is 25.0 Å². The second-order valence-corrected chi connectivity index (χ2v) is 2.96. The summed E-state index contributed by atoms with van der Waals surface area (Å²) in [4.78, 5) is 4.12. The number of hydrogen-bond donors (Lipinski definition) is 0. The minimum absolute atomic E-state index is 0.574. The summed E-state index contributed by atoms with van der Waals surface area (Å²) in [6.45, 7) is 1.91. The molecule has 0 unspecified atom stereocenters. The second-order valence-electron chi connectivity index (χ2n) is 2.61. The second kappa shape index (κ2) is 4.13. The van der Waals surface area contributed by atoms with Crippen molar-refractivity contribution in [2.75, 3.05) is 0 Å². The molecule has 62 valence electrons. The summed E-state index contributed by atoms with van der Waals surface area (Å²) in [5, 5.41) is 0.574. The number of hydrogen-bond acceptors (Lipinski definition) is 1. The van der Waals surface area contributed by atoms with Crippen LogP contribution in [0.4, 0.5) is 0 Å². The van der Waals surface area contributed by atoms with Gasteiger partial charge in [0.15, 0.2) is 0 Å². The van der Waals surface area contributed by atoms with Crippen LogP contribution in [0.15, 0.2) is 12.1 Å². The van der Waals surface area contributed by atoms with Gasteiger partial charge in [-0.1, -0.05) is 17.7 Å². The standard InChI is InChI=1S/C10H10ClN/c1-3-4-5-9-7-6-8(2)12-10(9)11/h1,6-7H,4-5H2,2H3. The van der Waals surface area contributed by atoms with Crippen LogP contribution in [0.3, 0.4) is 0 Å². The zero-order chi connectivity index (χ0) is 8.97. The lowest BCUT2D eigenvalue weighted by Gasteiger charge is -2.00. The molecular weight excluding hydrogens is 170 g/mol. The zero-order valence-corrected chi connectivity index (χ0v) is 7.73. The topological polar surface area (TPSA) is 12.9 Å². The molecule has 0 N–H and O–H groups in total. The molecule has 0 bridgehead atoms. The van der Waals surface area contributed by atoms with E-state index >= 15 is 0 Å². The van der Waals surface area contributed by atoms with E-state index in [2.05, 4.69) is 10.9 Å². The van der Waals surface area contributed by atoms with E-state index in [1.54, 1.807) is 0 Å². The Bertz CT molecular complexity index is 312. The van der Waals surface area contributed by atoms with Gasteiger partial charge in [0.25, 0.3) is 0 Å². The molecule has 0 aliphatic carbocycles. The van der Waals surface area contributed by atoms with Crippen molar-refractivity contribution in [1.29, 1.82) is 0 Å². The van der Waals surface area contributed by atoms with Crippen molar-refractivity contribution in [2.45, 2.75) is 19.8 Å². The highest BCUT2D eigenvalue weighted by Crippen LogP contribution is 2.14. The van der Waals surface area contributed by atoms with E-state index in [1.165, 1.54) is 0 Å². The first-order valence-electron chi connectivity index (χ1n) is 3.79. The summed E-state index contributed by atoms with van der Waals surface area (Å²) in [5.74, 6) is 2.57. The highest BCUT2D eigenvalue weighted by molar-refractivity contribution is 6.30. The lowest BCUT2D eigenvalue weighted by Crippen LogP contribution is -1.90. The van der Waals surface area contributed by atoms with Gasteiger partial charge in [0.2, 0.25) is 0 Å². The van der Waals surface area contributed by atoms with E-state index in [1.807, 2.05) is 19.1 Å². The smallest absolute Gasteiger partial charge is 0.132 e. The zero-order valence-electron chi connectivity index (χ0n) is 6.97. The van der Waals surface area contributed by atoms with E-state index in [4.69, 9.17) is 18.0 Å². The summed E-state index contributed by atoms with van der Waals surface area (Å²) in [6, 6.07) is 3.92. The SMILES string of the molecule is C#CCCc1ccc(C)nc1Cl. The van der Waals surface area contributed by atoms with Crippen LogP contribution in [-0.4, -0.2) is 4.98 Å². The van der Waals surface area contributed by atoms with Crippen molar-refractivity contribution in [1.82, 2.24) is 4.98 Å². The van der Waals surface area contributed by atoms with E-state index in [9.17, 15) is 0 Å². The van der Waals surface area contributed by atoms with Crippen LogP contribution in [-0.2, 0) is 6.42 Å². The van der Waals surface area contributed by atoms with Gasteiger partial charge in [-0.25, -0.2) is 4.98 Å². The molecule has 0 aromatic carbocycles. The van der Waals surface area contributed by atoms with Crippen molar-refractivity contribution < 1.29 is 0 Å². The molecule has 0 radical (unpaired) electrons. The molecule has 1 aromatic rings. The van der Waals surface area contributed by atoms with E-state index < -0.39 is 0 Å². The first kappa shape index (κ1) is 9.09. The number of aromatic nitrogens is 1. The Morgan fingerprint density at radius 3 is 2.92 bits per heavy atom. The summed E-state index contributed by atoms with van der Waals surface area (Å²) < 4.78 is 0. The largest absolute Gasteiger partial charge is 0.241 e. The maximum Gasteiger partial charge on any atom is 0.132 e. The Hall–Kier alpha value is -1.00. The van der Waals surface area contributed by atoms with Gasteiger partial charge < -0.3 is 0 Å². The first-order chi connectivity index (χ1) is 5.74. The third kappa shape index (κ3) is 2.25. The minimum atomic E-state index is 0.574. The molecule has 0 saturated heterocycles. The molecule has 0 aliphatic rings. The molecule has 0 spiro atoms. The number of halogens is 1. The fourth-order valence-corrected chi connectivity index (χ4v) is 1.24. The van der Waals surface area contributed by atoms with Gasteiger partial charge in [-0.2, -0.15) is 0 Å². The average molecular weight is 180 g/mol. The predicted octanol–water partition coefficient (Wildman–Crippen LogP) is 2.61. The molecule has 1 nitrogen and oxygen atoms in total. The van der Waals surface area contributed by atoms with E-state index in [0.717, 1.165) is 17.7 Å². The molecule has 1 aromatic heterocycles. The quantitative estimate of drug-likeness (QED) is 0.503. The molecule has 0 fully saturated rings. The van der Waals surface area contributed by atoms with Gasteiger partial charge in [0, 0.05) is 12.1 Å². The Morgan fingerprint density at radius 1 is 1.58 bits per heavy atom. The van der Waals surface area contributed by atoms with Crippen molar-refractivity contribution in [2.24, 2.45) is 0 Å². The van der Waals surface area contributed by atoms with Crippen molar-refractivity contribution in [3.63, 3.8) is 0 Å². The Morgan fingerprint density at radius 2 is 2.33 bits per heavy atom.